The largest absolute Gasteiger partial charge is 0.481 e. The molecule has 0 bridgehead atoms. The van der Waals surface area contributed by atoms with Crippen LogP contribution in [0.25, 0.3) is 0 Å². The van der Waals surface area contributed by atoms with Crippen molar-refractivity contribution < 1.29 is 14.7 Å². The Bertz CT molecular complexity index is 186. The van der Waals surface area contributed by atoms with E-state index in [1.807, 2.05) is 6.92 Å². The van der Waals surface area contributed by atoms with Crippen molar-refractivity contribution in [3.63, 3.8) is 0 Å². The van der Waals surface area contributed by atoms with Crippen LogP contribution in [0, 0.1) is 11.8 Å². The van der Waals surface area contributed by atoms with E-state index < -0.39 is 5.97 Å². The number of carboxylic acid groups (broad SMARTS) is 1. The van der Waals surface area contributed by atoms with Gasteiger partial charge in [-0.05, 0) is 12.3 Å². The lowest BCUT2D eigenvalue weighted by Crippen LogP contribution is -2.16. The molecule has 0 heterocycles. The zero-order chi connectivity index (χ0) is 8.43. The summed E-state index contributed by atoms with van der Waals surface area (Å²) in [4.78, 5) is 21.4. The van der Waals surface area contributed by atoms with Crippen molar-refractivity contribution in [2.45, 2.75) is 26.2 Å². The highest BCUT2D eigenvalue weighted by Gasteiger charge is 2.32. The van der Waals surface area contributed by atoms with Gasteiger partial charge in [-0.15, -0.1) is 0 Å². The van der Waals surface area contributed by atoms with Crippen LogP contribution in [0.5, 0.6) is 0 Å². The average Bonchev–Trinajstić information content (AvgIpc) is 2.18. The van der Waals surface area contributed by atoms with Gasteiger partial charge in [-0.3, -0.25) is 9.59 Å². The lowest BCUT2D eigenvalue weighted by Gasteiger charge is -2.09. The van der Waals surface area contributed by atoms with Crippen LogP contribution in [0.15, 0.2) is 0 Å². The van der Waals surface area contributed by atoms with Gasteiger partial charge in [0.2, 0.25) is 0 Å². The second kappa shape index (κ2) is 3.03. The highest BCUT2D eigenvalue weighted by Crippen LogP contribution is 2.30. The summed E-state index contributed by atoms with van der Waals surface area (Å²) in [5.41, 5.74) is 0. The highest BCUT2D eigenvalue weighted by atomic mass is 16.4. The average molecular weight is 156 g/mol. The van der Waals surface area contributed by atoms with Gasteiger partial charge in [0.25, 0.3) is 0 Å². The van der Waals surface area contributed by atoms with Gasteiger partial charge >= 0.3 is 5.97 Å². The number of carboxylic acids is 1. The third-order valence-corrected chi connectivity index (χ3v) is 2.34. The molecule has 3 nitrogen and oxygen atoms in total. The Morgan fingerprint density at radius 1 is 1.73 bits per heavy atom. The van der Waals surface area contributed by atoms with Crippen LogP contribution < -0.4 is 0 Å². The molecule has 0 aromatic heterocycles. The molecule has 3 heteroatoms. The number of ketones is 1. The number of Topliss-reactive ketones (excluding diaryl/α,β-unsaturated/α-hetero) is 1. The molecule has 0 amide bonds. The Morgan fingerprint density at radius 2 is 2.36 bits per heavy atom. The minimum absolute atomic E-state index is 0.0139. The molecule has 1 rings (SSSR count). The monoisotopic (exact) mass is 156 g/mol. The number of aliphatic carboxylic acids is 1. The standard InChI is InChI=1S/C8H12O3/c1-5-2-3-7(9)6(5)4-8(10)11/h5-6H,2-4H2,1H3,(H,10,11)/t5-,6+/m0/s1. The summed E-state index contributed by atoms with van der Waals surface area (Å²) in [7, 11) is 0. The van der Waals surface area contributed by atoms with Crippen molar-refractivity contribution in [1.82, 2.24) is 0 Å². The van der Waals surface area contributed by atoms with Crippen molar-refractivity contribution in [1.29, 1.82) is 0 Å². The molecule has 0 aromatic carbocycles. The van der Waals surface area contributed by atoms with Gasteiger partial charge in [-0.25, -0.2) is 0 Å². The molecule has 0 unspecified atom stereocenters. The van der Waals surface area contributed by atoms with Crippen LogP contribution in [-0.4, -0.2) is 16.9 Å². The van der Waals surface area contributed by atoms with E-state index >= 15 is 0 Å². The molecule has 62 valence electrons. The smallest absolute Gasteiger partial charge is 0.304 e. The maximum absolute atomic E-state index is 11.1. The van der Waals surface area contributed by atoms with Crippen molar-refractivity contribution >= 4 is 11.8 Å². The fourth-order valence-electron chi connectivity index (χ4n) is 1.58. The van der Waals surface area contributed by atoms with E-state index in [1.165, 1.54) is 0 Å². The topological polar surface area (TPSA) is 54.4 Å². The predicted molar refractivity (Wildman–Crippen MR) is 39.1 cm³/mol. The highest BCUT2D eigenvalue weighted by molar-refractivity contribution is 5.86. The molecule has 0 radical (unpaired) electrons. The summed E-state index contributed by atoms with van der Waals surface area (Å²) >= 11 is 0. The molecule has 1 saturated carbocycles. The van der Waals surface area contributed by atoms with Crippen LogP contribution in [-0.2, 0) is 9.59 Å². The molecule has 0 aliphatic heterocycles. The summed E-state index contributed by atoms with van der Waals surface area (Å²) in [5, 5.41) is 8.46. The fraction of sp³-hybridized carbons (Fsp3) is 0.750. The summed E-state index contributed by atoms with van der Waals surface area (Å²) in [5.74, 6) is -0.692. The number of rotatable bonds is 2. The summed E-state index contributed by atoms with van der Waals surface area (Å²) < 4.78 is 0. The first kappa shape index (κ1) is 8.24. The SMILES string of the molecule is C[C@H]1CCC(=O)[C@@H]1CC(=O)O. The second-order valence-corrected chi connectivity index (χ2v) is 3.19. The Labute approximate surface area is 65.4 Å². The van der Waals surface area contributed by atoms with Gasteiger partial charge in [0.1, 0.15) is 5.78 Å². The van der Waals surface area contributed by atoms with Crippen LogP contribution in [0.2, 0.25) is 0 Å². The van der Waals surface area contributed by atoms with Gasteiger partial charge < -0.3 is 5.11 Å². The minimum Gasteiger partial charge on any atom is -0.481 e. The Morgan fingerprint density at radius 3 is 2.73 bits per heavy atom. The van der Waals surface area contributed by atoms with Crippen LogP contribution >= 0.6 is 0 Å². The molecule has 1 aliphatic carbocycles. The Balaban J connectivity index is 2.54. The van der Waals surface area contributed by atoms with Crippen LogP contribution in [0.1, 0.15) is 26.2 Å². The molecule has 0 spiro atoms. The third kappa shape index (κ3) is 1.79. The van der Waals surface area contributed by atoms with Gasteiger partial charge in [-0.1, -0.05) is 6.92 Å². The van der Waals surface area contributed by atoms with Gasteiger partial charge in [-0.2, -0.15) is 0 Å². The summed E-state index contributed by atoms with van der Waals surface area (Å²) in [6, 6.07) is 0. The van der Waals surface area contributed by atoms with E-state index in [0.29, 0.717) is 6.42 Å². The van der Waals surface area contributed by atoms with E-state index in [4.69, 9.17) is 5.11 Å². The number of hydrogen-bond donors (Lipinski definition) is 1. The van der Waals surface area contributed by atoms with Crippen molar-refractivity contribution in [3.8, 4) is 0 Å². The van der Waals surface area contributed by atoms with Crippen molar-refractivity contribution in [2.75, 3.05) is 0 Å². The maximum Gasteiger partial charge on any atom is 0.304 e. The van der Waals surface area contributed by atoms with E-state index in [9.17, 15) is 9.59 Å². The Kier molecular flexibility index (Phi) is 2.27. The lowest BCUT2D eigenvalue weighted by atomic mass is 9.94. The molecule has 1 aliphatic rings. The van der Waals surface area contributed by atoms with E-state index in [2.05, 4.69) is 0 Å². The van der Waals surface area contributed by atoms with Gasteiger partial charge in [0.15, 0.2) is 0 Å². The normalized spacial score (nSPS) is 30.8. The molecule has 0 aromatic rings. The zero-order valence-corrected chi connectivity index (χ0v) is 6.54. The zero-order valence-electron chi connectivity index (χ0n) is 6.54. The Hall–Kier alpha value is -0.860. The molecule has 0 saturated heterocycles. The van der Waals surface area contributed by atoms with Crippen molar-refractivity contribution in [2.24, 2.45) is 11.8 Å². The van der Waals surface area contributed by atoms with Crippen LogP contribution in [0.3, 0.4) is 0 Å². The summed E-state index contributed by atoms with van der Waals surface area (Å²) in [6.45, 7) is 1.94. The first-order valence-electron chi connectivity index (χ1n) is 3.85. The van der Waals surface area contributed by atoms with Crippen LogP contribution in [0.4, 0.5) is 0 Å². The molecular weight excluding hydrogens is 144 g/mol. The van der Waals surface area contributed by atoms with E-state index in [1.54, 1.807) is 0 Å². The first-order valence-corrected chi connectivity index (χ1v) is 3.85. The fourth-order valence-corrected chi connectivity index (χ4v) is 1.58. The predicted octanol–water partition coefficient (Wildman–Crippen LogP) is 1.08. The maximum atomic E-state index is 11.1. The molecule has 1 fully saturated rings. The van der Waals surface area contributed by atoms with Crippen molar-refractivity contribution in [3.05, 3.63) is 0 Å². The molecule has 1 N–H and O–H groups in total. The number of carbonyl (C=O) groups is 2. The number of hydrogen-bond acceptors (Lipinski definition) is 2. The lowest BCUT2D eigenvalue weighted by molar-refractivity contribution is -0.140. The first-order chi connectivity index (χ1) is 5.11. The summed E-state index contributed by atoms with van der Waals surface area (Å²) in [6.07, 6.45) is 1.44. The van der Waals surface area contributed by atoms with Gasteiger partial charge in [0.05, 0.1) is 6.42 Å². The minimum atomic E-state index is -0.864. The van der Waals surface area contributed by atoms with E-state index in [0.717, 1.165) is 6.42 Å². The van der Waals surface area contributed by atoms with E-state index in [-0.39, 0.29) is 24.0 Å². The molecule has 2 atom stereocenters. The molecule has 11 heavy (non-hydrogen) atoms. The quantitative estimate of drug-likeness (QED) is 0.650. The second-order valence-electron chi connectivity index (χ2n) is 3.19. The number of carbonyl (C=O) groups excluding carboxylic acids is 1. The van der Waals surface area contributed by atoms with Gasteiger partial charge in [0, 0.05) is 12.3 Å². The molecular formula is C8H12O3. The third-order valence-electron chi connectivity index (χ3n) is 2.34.